The summed E-state index contributed by atoms with van der Waals surface area (Å²) in [5, 5.41) is 22.9. The summed E-state index contributed by atoms with van der Waals surface area (Å²) >= 11 is 0. The molecular formula is C63H93N7O15. The lowest BCUT2D eigenvalue weighted by Crippen LogP contribution is -2.60. The highest BCUT2D eigenvalue weighted by Gasteiger charge is 2.45. The Bertz CT molecular complexity index is 2620. The van der Waals surface area contributed by atoms with Crippen molar-refractivity contribution >= 4 is 64.8 Å². The fourth-order valence-corrected chi connectivity index (χ4v) is 11.8. The van der Waals surface area contributed by atoms with Gasteiger partial charge in [0.15, 0.2) is 0 Å². The number of benzene rings is 2. The number of hydrogen-bond donors (Lipinski definition) is 5. The molecule has 470 valence electrons. The molecule has 12 atom stereocenters. The predicted octanol–water partition coefficient (Wildman–Crippen LogP) is 8.03. The summed E-state index contributed by atoms with van der Waals surface area (Å²) in [6, 6.07) is 10.3. The smallest absolute Gasteiger partial charge is 0.412 e. The van der Waals surface area contributed by atoms with Crippen molar-refractivity contribution in [3.8, 4) is 0 Å². The molecule has 1 saturated carbocycles. The number of likely N-dealkylation sites (N-methyl/N-ethyl adjacent to an activating group) is 2. The van der Waals surface area contributed by atoms with Gasteiger partial charge in [0.05, 0.1) is 47.7 Å². The van der Waals surface area contributed by atoms with Crippen molar-refractivity contribution in [1.29, 1.82) is 0 Å². The molecule has 0 radical (unpaired) electrons. The standard InChI is InChI=1S/C63H93N7O15/c1-13-39(6)56(50(81-11)34-49(71)45-27-22-28-46(45)58(82-12)40(7)59(76)65-41(8)57(75)43-23-18-17-19-24-43)68(9)61(78)54(37(2)3)67-60(77)55(38(4)5)69(10)63(80)83-36-42-29-30-47(66-62(79)84-44-25-20-15-14-16-21-26-44)48(33-42)64-35-53(74)85-70-51(72)31-32-52(70)73/h17-20,23-25,29-30,33,37-41,44-46,50,54-58,64,75H,13-16,21-22,26-28,31-32,34-36H2,1-12H3,(H,65,76)(H,66,79)(H,67,77)/b25-20+/t39-,40?,41+,44?,45?,46?,50?,54?,55-,56?,57+,58?/m0/s1. The van der Waals surface area contributed by atoms with E-state index in [0.717, 1.165) is 37.0 Å². The Balaban J connectivity index is 1.25. The first kappa shape index (κ1) is 68.9. The number of imide groups is 1. The summed E-state index contributed by atoms with van der Waals surface area (Å²) < 4.78 is 23.6. The molecule has 8 unspecified atom stereocenters. The van der Waals surface area contributed by atoms with Crippen molar-refractivity contribution in [2.75, 3.05) is 45.5 Å². The Morgan fingerprint density at radius 3 is 2.11 bits per heavy atom. The highest BCUT2D eigenvalue weighted by Crippen LogP contribution is 2.40. The van der Waals surface area contributed by atoms with Gasteiger partial charge in [-0.15, -0.1) is 5.06 Å². The molecule has 1 aliphatic heterocycles. The number of nitrogens with zero attached hydrogens (tertiary/aromatic N) is 3. The fourth-order valence-electron chi connectivity index (χ4n) is 11.8. The number of amides is 7. The average Bonchev–Trinajstić information content (AvgIpc) is 4.29. The third kappa shape index (κ3) is 19.0. The van der Waals surface area contributed by atoms with E-state index >= 15 is 0 Å². The predicted molar refractivity (Wildman–Crippen MR) is 318 cm³/mol. The summed E-state index contributed by atoms with van der Waals surface area (Å²) in [7, 11) is 6.12. The molecule has 5 N–H and O–H groups in total. The Labute approximate surface area is 501 Å². The summed E-state index contributed by atoms with van der Waals surface area (Å²) in [6.07, 6.45) is 6.44. The zero-order chi connectivity index (χ0) is 62.7. The molecule has 1 heterocycles. The van der Waals surface area contributed by atoms with E-state index in [0.29, 0.717) is 41.9 Å². The average molecular weight is 1190 g/mol. The number of allylic oxidation sites excluding steroid dienone is 1. The van der Waals surface area contributed by atoms with Crippen LogP contribution >= 0.6 is 0 Å². The lowest BCUT2D eigenvalue weighted by molar-refractivity contribution is -0.196. The molecule has 7 amide bonds. The molecule has 2 aromatic rings. The number of Topliss-reactive ketones (excluding diaryl/α,β-unsaturated/α-hetero) is 1. The molecule has 0 bridgehead atoms. The summed E-state index contributed by atoms with van der Waals surface area (Å²) in [5.41, 5.74) is 1.46. The van der Waals surface area contributed by atoms with Gasteiger partial charge < -0.3 is 49.7 Å². The lowest BCUT2D eigenvalue weighted by atomic mass is 9.79. The van der Waals surface area contributed by atoms with Crippen LogP contribution in [0.4, 0.5) is 21.0 Å². The van der Waals surface area contributed by atoms with Crippen molar-refractivity contribution < 1.29 is 72.0 Å². The van der Waals surface area contributed by atoms with E-state index in [1.165, 1.54) is 26.3 Å². The number of rotatable bonds is 29. The largest absolute Gasteiger partial charge is 0.445 e. The molecule has 5 rings (SSSR count). The Morgan fingerprint density at radius 2 is 1.47 bits per heavy atom. The second-order valence-corrected chi connectivity index (χ2v) is 23.6. The molecule has 22 nitrogen and oxygen atoms in total. The number of hydrogen-bond acceptors (Lipinski definition) is 16. The summed E-state index contributed by atoms with van der Waals surface area (Å²) in [4.78, 5) is 129. The number of carbonyl (C=O) groups excluding carboxylic acids is 9. The van der Waals surface area contributed by atoms with Gasteiger partial charge in [-0.05, 0) is 98.5 Å². The maximum atomic E-state index is 14.8. The zero-order valence-electron chi connectivity index (χ0n) is 51.8. The first-order chi connectivity index (χ1) is 40.4. The lowest BCUT2D eigenvalue weighted by Gasteiger charge is -2.40. The van der Waals surface area contributed by atoms with E-state index in [9.17, 15) is 48.3 Å². The third-order valence-corrected chi connectivity index (χ3v) is 16.8. The van der Waals surface area contributed by atoms with Crippen molar-refractivity contribution in [2.24, 2.45) is 35.5 Å². The maximum absolute atomic E-state index is 14.8. The molecule has 2 fully saturated rings. The molecule has 22 heteroatoms. The van der Waals surface area contributed by atoms with Gasteiger partial charge in [0.1, 0.15) is 37.1 Å². The molecule has 2 aromatic carbocycles. The molecular weight excluding hydrogens is 1090 g/mol. The van der Waals surface area contributed by atoms with Crippen molar-refractivity contribution in [3.63, 3.8) is 0 Å². The van der Waals surface area contributed by atoms with Gasteiger partial charge in [0, 0.05) is 53.5 Å². The quantitative estimate of drug-likeness (QED) is 0.0381. The van der Waals surface area contributed by atoms with Crippen LogP contribution in [0.1, 0.15) is 150 Å². The molecule has 85 heavy (non-hydrogen) atoms. The van der Waals surface area contributed by atoms with E-state index in [4.69, 9.17) is 23.8 Å². The third-order valence-electron chi connectivity index (χ3n) is 16.8. The molecule has 1 saturated heterocycles. The van der Waals surface area contributed by atoms with Gasteiger partial charge in [-0.25, -0.2) is 14.4 Å². The van der Waals surface area contributed by atoms with Crippen LogP contribution in [0.15, 0.2) is 60.7 Å². The van der Waals surface area contributed by atoms with Crippen LogP contribution in [0.3, 0.4) is 0 Å². The maximum Gasteiger partial charge on any atom is 0.412 e. The van der Waals surface area contributed by atoms with Crippen LogP contribution in [0, 0.1) is 35.5 Å². The SMILES string of the molecule is CC[C@H](C)C(C(CC(=O)C1CCCC1C(OC)C(C)C(=O)N[C@H](C)[C@@H](O)c1ccccc1)OC)N(C)C(=O)C(NC(=O)[C@H](C(C)C)N(C)C(=O)OCc1ccc(NC(=O)OC2/C=C/CCCCC2)c(NCC(=O)ON2C(=O)CCC2=O)c1)C(C)C. The monoisotopic (exact) mass is 1190 g/mol. The molecule has 0 spiro atoms. The van der Waals surface area contributed by atoms with E-state index in [-0.39, 0.29) is 60.8 Å². The van der Waals surface area contributed by atoms with E-state index in [1.54, 1.807) is 78.8 Å². The minimum Gasteiger partial charge on any atom is -0.445 e. The number of ether oxygens (including phenoxy) is 4. The second kappa shape index (κ2) is 33.1. The number of anilines is 2. The normalized spacial score (nSPS) is 20.7. The van der Waals surface area contributed by atoms with Gasteiger partial charge in [-0.3, -0.25) is 39.0 Å². The molecule has 3 aliphatic rings. The van der Waals surface area contributed by atoms with Crippen LogP contribution in [-0.4, -0.2) is 151 Å². The van der Waals surface area contributed by atoms with Crippen LogP contribution in [-0.2, 0) is 64.0 Å². The van der Waals surface area contributed by atoms with Crippen LogP contribution in [0.2, 0.25) is 0 Å². The van der Waals surface area contributed by atoms with E-state index in [2.05, 4.69) is 21.3 Å². The van der Waals surface area contributed by atoms with Crippen LogP contribution in [0.5, 0.6) is 0 Å². The Kier molecular flexibility index (Phi) is 26.8. The van der Waals surface area contributed by atoms with Crippen LogP contribution < -0.4 is 21.3 Å². The Hall–Kier alpha value is -6.91. The minimum atomic E-state index is -1.11. The number of ketones is 1. The number of hydroxylamine groups is 2. The summed E-state index contributed by atoms with van der Waals surface area (Å²) in [6.45, 7) is 13.7. The zero-order valence-corrected chi connectivity index (χ0v) is 51.8. The molecule has 0 aromatic heterocycles. The van der Waals surface area contributed by atoms with Gasteiger partial charge in [-0.1, -0.05) is 110 Å². The van der Waals surface area contributed by atoms with Crippen molar-refractivity contribution in [3.05, 3.63) is 71.8 Å². The van der Waals surface area contributed by atoms with E-state index < -0.39 is 121 Å². The van der Waals surface area contributed by atoms with Crippen LogP contribution in [0.25, 0.3) is 0 Å². The summed E-state index contributed by atoms with van der Waals surface area (Å²) in [5.74, 6) is -6.06. The van der Waals surface area contributed by atoms with Gasteiger partial charge in [-0.2, -0.15) is 0 Å². The number of nitrogens with one attached hydrogen (secondary N) is 4. The highest BCUT2D eigenvalue weighted by atomic mass is 16.7. The first-order valence-electron chi connectivity index (χ1n) is 30.1. The number of methoxy groups -OCH3 is 2. The number of aliphatic hydroxyl groups is 1. The van der Waals surface area contributed by atoms with Gasteiger partial charge in [0.2, 0.25) is 17.7 Å². The molecule has 2 aliphatic carbocycles. The second-order valence-electron chi connectivity index (χ2n) is 23.6. The number of carbonyl (C=O) groups is 9. The highest BCUT2D eigenvalue weighted by molar-refractivity contribution is 6.02. The topological polar surface area (TPSA) is 278 Å². The fraction of sp³-hybridized carbons (Fsp3) is 0.635. The van der Waals surface area contributed by atoms with Gasteiger partial charge >= 0.3 is 18.2 Å². The van der Waals surface area contributed by atoms with Gasteiger partial charge in [0.25, 0.3) is 11.8 Å². The van der Waals surface area contributed by atoms with Crippen molar-refractivity contribution in [2.45, 2.75) is 188 Å². The van der Waals surface area contributed by atoms with E-state index in [1.807, 2.05) is 44.2 Å². The number of aliphatic hydroxyl groups excluding tert-OH is 1. The Morgan fingerprint density at radius 1 is 0.776 bits per heavy atom. The minimum absolute atomic E-state index is 0.0195. The first-order valence-corrected chi connectivity index (χ1v) is 30.1. The van der Waals surface area contributed by atoms with Crippen molar-refractivity contribution in [1.82, 2.24) is 25.5 Å².